The van der Waals surface area contributed by atoms with Gasteiger partial charge in [0.2, 0.25) is 0 Å². The molecule has 1 aromatic heterocycles. The maximum absolute atomic E-state index is 4.54. The zero-order chi connectivity index (χ0) is 12.3. The highest BCUT2D eigenvalue weighted by atomic mass is 15.2. The number of nitrogens with one attached hydrogen (secondary N) is 1. The van der Waals surface area contributed by atoms with Gasteiger partial charge in [0, 0.05) is 25.3 Å². The van der Waals surface area contributed by atoms with Gasteiger partial charge in [-0.25, -0.2) is 4.98 Å². The molecule has 1 atom stereocenters. The van der Waals surface area contributed by atoms with Gasteiger partial charge in [-0.1, -0.05) is 13.8 Å². The molecule has 0 amide bonds. The lowest BCUT2D eigenvalue weighted by Crippen LogP contribution is -2.25. The molecule has 2 heterocycles. The maximum atomic E-state index is 4.54. The average Bonchev–Trinajstić information content (AvgIpc) is 2.83. The molecule has 1 aromatic rings. The summed E-state index contributed by atoms with van der Waals surface area (Å²) in [5.74, 6) is 1.75. The maximum Gasteiger partial charge on any atom is 0.151 e. The van der Waals surface area contributed by atoms with E-state index in [4.69, 9.17) is 0 Å². The van der Waals surface area contributed by atoms with Crippen LogP contribution in [0.5, 0.6) is 0 Å². The summed E-state index contributed by atoms with van der Waals surface area (Å²) in [7, 11) is 0. The quantitative estimate of drug-likeness (QED) is 0.866. The largest absolute Gasteiger partial charge is 0.379 e. The van der Waals surface area contributed by atoms with Gasteiger partial charge in [-0.2, -0.15) is 0 Å². The van der Waals surface area contributed by atoms with E-state index in [9.17, 15) is 0 Å². The fraction of sp³-hybridized carbons (Fsp3) is 0.643. The van der Waals surface area contributed by atoms with E-state index in [1.165, 1.54) is 18.5 Å². The van der Waals surface area contributed by atoms with Crippen molar-refractivity contribution in [1.29, 1.82) is 0 Å². The highest BCUT2D eigenvalue weighted by molar-refractivity contribution is 5.66. The van der Waals surface area contributed by atoms with E-state index in [2.05, 4.69) is 42.0 Å². The molecule has 1 aliphatic rings. The first-order chi connectivity index (χ1) is 8.18. The van der Waals surface area contributed by atoms with Crippen molar-refractivity contribution >= 4 is 11.5 Å². The number of hydrogen-bond donors (Lipinski definition) is 1. The summed E-state index contributed by atoms with van der Waals surface area (Å²) in [5, 5.41) is 3.58. The lowest BCUT2D eigenvalue weighted by Gasteiger charge is -2.24. The van der Waals surface area contributed by atoms with E-state index in [1.807, 2.05) is 12.3 Å². The SMILES string of the molecule is CC(C)C(C)Nc1cccnc1N1CCCC1. The second-order valence-corrected chi connectivity index (χ2v) is 5.25. The molecule has 1 fully saturated rings. The molecule has 0 spiro atoms. The van der Waals surface area contributed by atoms with Crippen molar-refractivity contribution in [3.05, 3.63) is 18.3 Å². The Hall–Kier alpha value is -1.25. The van der Waals surface area contributed by atoms with Crippen molar-refractivity contribution in [2.24, 2.45) is 5.92 Å². The topological polar surface area (TPSA) is 28.2 Å². The number of anilines is 2. The summed E-state index contributed by atoms with van der Waals surface area (Å²) in [6.07, 6.45) is 4.46. The third kappa shape index (κ3) is 2.90. The molecule has 1 unspecified atom stereocenters. The second kappa shape index (κ2) is 5.39. The normalized spacial score (nSPS) is 17.5. The smallest absolute Gasteiger partial charge is 0.151 e. The minimum absolute atomic E-state index is 0.473. The Morgan fingerprint density at radius 1 is 1.24 bits per heavy atom. The van der Waals surface area contributed by atoms with Crippen LogP contribution in [-0.4, -0.2) is 24.1 Å². The van der Waals surface area contributed by atoms with E-state index in [0.29, 0.717) is 12.0 Å². The summed E-state index contributed by atoms with van der Waals surface area (Å²) in [6.45, 7) is 8.99. The van der Waals surface area contributed by atoms with Crippen molar-refractivity contribution in [2.45, 2.75) is 39.7 Å². The van der Waals surface area contributed by atoms with Crippen LogP contribution in [-0.2, 0) is 0 Å². The lowest BCUT2D eigenvalue weighted by molar-refractivity contribution is 0.560. The number of aromatic nitrogens is 1. The highest BCUT2D eigenvalue weighted by Crippen LogP contribution is 2.27. The van der Waals surface area contributed by atoms with Crippen LogP contribution in [0.25, 0.3) is 0 Å². The molecule has 1 aliphatic heterocycles. The molecule has 2 rings (SSSR count). The summed E-state index contributed by atoms with van der Waals surface area (Å²) >= 11 is 0. The number of pyridine rings is 1. The van der Waals surface area contributed by atoms with E-state index in [1.54, 1.807) is 0 Å². The van der Waals surface area contributed by atoms with Crippen LogP contribution in [0, 0.1) is 5.92 Å². The van der Waals surface area contributed by atoms with E-state index in [0.717, 1.165) is 18.9 Å². The third-order valence-corrected chi connectivity index (χ3v) is 3.58. The molecule has 1 saturated heterocycles. The summed E-state index contributed by atoms with van der Waals surface area (Å²) in [4.78, 5) is 6.92. The Bertz CT molecular complexity index is 356. The van der Waals surface area contributed by atoms with Gasteiger partial charge in [0.25, 0.3) is 0 Å². The van der Waals surface area contributed by atoms with Gasteiger partial charge in [-0.05, 0) is 37.8 Å². The molecule has 17 heavy (non-hydrogen) atoms. The molecule has 0 aromatic carbocycles. The van der Waals surface area contributed by atoms with Crippen LogP contribution >= 0.6 is 0 Å². The highest BCUT2D eigenvalue weighted by Gasteiger charge is 2.18. The summed E-state index contributed by atoms with van der Waals surface area (Å²) in [5.41, 5.74) is 1.18. The van der Waals surface area contributed by atoms with Crippen LogP contribution in [0.4, 0.5) is 11.5 Å². The number of hydrogen-bond acceptors (Lipinski definition) is 3. The summed E-state index contributed by atoms with van der Waals surface area (Å²) < 4.78 is 0. The van der Waals surface area contributed by atoms with Crippen molar-refractivity contribution in [3.8, 4) is 0 Å². The average molecular weight is 233 g/mol. The molecule has 0 aliphatic carbocycles. The molecular formula is C14H23N3. The van der Waals surface area contributed by atoms with Gasteiger partial charge in [-0.3, -0.25) is 0 Å². The fourth-order valence-corrected chi connectivity index (χ4v) is 2.10. The van der Waals surface area contributed by atoms with Crippen molar-refractivity contribution in [1.82, 2.24) is 4.98 Å². The van der Waals surface area contributed by atoms with Gasteiger partial charge in [0.15, 0.2) is 5.82 Å². The summed E-state index contributed by atoms with van der Waals surface area (Å²) in [6, 6.07) is 4.62. The monoisotopic (exact) mass is 233 g/mol. The van der Waals surface area contributed by atoms with Crippen molar-refractivity contribution in [3.63, 3.8) is 0 Å². The first kappa shape index (κ1) is 12.2. The number of nitrogens with zero attached hydrogens (tertiary/aromatic N) is 2. The van der Waals surface area contributed by atoms with Crippen molar-refractivity contribution < 1.29 is 0 Å². The van der Waals surface area contributed by atoms with Crippen LogP contribution in [0.1, 0.15) is 33.6 Å². The van der Waals surface area contributed by atoms with Crippen LogP contribution in [0.3, 0.4) is 0 Å². The fourth-order valence-electron chi connectivity index (χ4n) is 2.10. The second-order valence-electron chi connectivity index (χ2n) is 5.25. The molecule has 3 heteroatoms. The molecule has 1 N–H and O–H groups in total. The first-order valence-electron chi connectivity index (χ1n) is 6.65. The molecule has 3 nitrogen and oxygen atoms in total. The molecule has 94 valence electrons. The number of rotatable bonds is 4. The van der Waals surface area contributed by atoms with E-state index >= 15 is 0 Å². The zero-order valence-electron chi connectivity index (χ0n) is 11.1. The Kier molecular flexibility index (Phi) is 3.87. The van der Waals surface area contributed by atoms with Crippen molar-refractivity contribution in [2.75, 3.05) is 23.3 Å². The molecule has 0 radical (unpaired) electrons. The Balaban J connectivity index is 2.15. The van der Waals surface area contributed by atoms with Gasteiger partial charge in [0.1, 0.15) is 0 Å². The minimum Gasteiger partial charge on any atom is -0.379 e. The Morgan fingerprint density at radius 3 is 2.59 bits per heavy atom. The Morgan fingerprint density at radius 2 is 1.94 bits per heavy atom. The Labute approximate surface area is 104 Å². The molecule has 0 bridgehead atoms. The van der Waals surface area contributed by atoms with Crippen LogP contribution in [0.15, 0.2) is 18.3 Å². The molecule has 0 saturated carbocycles. The standard InChI is InChI=1S/C14H23N3/c1-11(2)12(3)16-13-7-6-8-15-14(13)17-9-4-5-10-17/h6-8,11-12,16H,4-5,9-10H2,1-3H3. The van der Waals surface area contributed by atoms with E-state index in [-0.39, 0.29) is 0 Å². The predicted molar refractivity (Wildman–Crippen MR) is 73.6 cm³/mol. The van der Waals surface area contributed by atoms with Crippen LogP contribution in [0.2, 0.25) is 0 Å². The third-order valence-electron chi connectivity index (χ3n) is 3.58. The lowest BCUT2D eigenvalue weighted by atomic mass is 10.1. The first-order valence-corrected chi connectivity index (χ1v) is 6.65. The predicted octanol–water partition coefficient (Wildman–Crippen LogP) is 3.14. The van der Waals surface area contributed by atoms with E-state index < -0.39 is 0 Å². The van der Waals surface area contributed by atoms with Crippen LogP contribution < -0.4 is 10.2 Å². The minimum atomic E-state index is 0.473. The van der Waals surface area contributed by atoms with Gasteiger partial charge < -0.3 is 10.2 Å². The van der Waals surface area contributed by atoms with Gasteiger partial charge in [-0.15, -0.1) is 0 Å². The van der Waals surface area contributed by atoms with Gasteiger partial charge in [0.05, 0.1) is 5.69 Å². The zero-order valence-corrected chi connectivity index (χ0v) is 11.1. The molecular weight excluding hydrogens is 210 g/mol. The van der Waals surface area contributed by atoms with Gasteiger partial charge >= 0.3 is 0 Å².